The molecule has 0 fully saturated rings. The van der Waals surface area contributed by atoms with Crippen molar-refractivity contribution >= 4 is 82.7 Å². The third-order valence-corrected chi connectivity index (χ3v) is 10.6. The number of unbranched alkanes of at least 4 members (excludes halogenated alkanes) is 14. The lowest BCUT2D eigenvalue weighted by molar-refractivity contribution is 0.318. The van der Waals surface area contributed by atoms with Crippen molar-refractivity contribution in [3.05, 3.63) is 0 Å². The molecule has 0 rings (SSSR count). The highest BCUT2D eigenvalue weighted by Crippen LogP contribution is 2.14. The Morgan fingerprint density at radius 1 is 0.405 bits per heavy atom. The van der Waals surface area contributed by atoms with Gasteiger partial charge in [0.05, 0.1) is 0 Å². The molecule has 0 heterocycles. The molecule has 0 unspecified atom stereocenters. The van der Waals surface area contributed by atoms with Crippen LogP contribution in [-0.2, 0) is 0 Å². The molecular weight excluding hydrogens is 659 g/mol. The summed E-state index contributed by atoms with van der Waals surface area (Å²) < 4.78 is 0. The van der Waals surface area contributed by atoms with Crippen molar-refractivity contribution in [3.8, 4) is 0 Å². The summed E-state index contributed by atoms with van der Waals surface area (Å²) in [7, 11) is 0. The minimum Gasteiger partial charge on any atom is -0.397 e. The van der Waals surface area contributed by atoms with Crippen LogP contribution in [0.25, 0.3) is 0 Å². The molecule has 8 heteroatoms. The molecule has 42 heavy (non-hydrogen) atoms. The van der Waals surface area contributed by atoms with Crippen LogP contribution in [0.5, 0.6) is 0 Å². The molecule has 0 spiro atoms. The Kier molecular flexibility index (Phi) is 71.4. The molecule has 0 aromatic rings. The van der Waals surface area contributed by atoms with E-state index >= 15 is 0 Å². The van der Waals surface area contributed by atoms with Crippen LogP contribution < -0.4 is 0 Å². The van der Waals surface area contributed by atoms with Crippen LogP contribution in [0, 0.1) is 0 Å². The Labute approximate surface area is 299 Å². The quantitative estimate of drug-likeness (QED) is 0.0435. The zero-order valence-corrected chi connectivity index (χ0v) is 33.8. The molecule has 1 nitrogen and oxygen atoms in total. The van der Waals surface area contributed by atoms with Crippen LogP contribution in [0.15, 0.2) is 0 Å². The van der Waals surface area contributed by atoms with Gasteiger partial charge in [-0.3, -0.25) is 0 Å². The fraction of sp³-hybridized carbons (Fsp3) is 1.00. The van der Waals surface area contributed by atoms with Crippen LogP contribution in [0.2, 0.25) is 0 Å². The highest BCUT2D eigenvalue weighted by atomic mass is 35.5. The molecule has 1 N–H and O–H groups in total. The number of hydrogen-bond acceptors (Lipinski definition) is 5. The van der Waals surface area contributed by atoms with Crippen molar-refractivity contribution in [1.82, 2.24) is 0 Å². The molecule has 0 aliphatic heterocycles. The maximum Gasteiger partial charge on any atom is 0.0402 e. The lowest BCUT2D eigenvalue weighted by atomic mass is 10.2. The van der Waals surface area contributed by atoms with Crippen molar-refractivity contribution in [3.63, 3.8) is 0 Å². The number of alkyl halides is 3. The average Bonchev–Trinajstić information content (AvgIpc) is 3.00. The summed E-state index contributed by atoms with van der Waals surface area (Å²) in [5.41, 5.74) is 0. The smallest absolute Gasteiger partial charge is 0.0402 e. The predicted octanol–water partition coefficient (Wildman–Crippen LogP) is 13.6. The molecular formula is C34H73Cl3OS4. The number of halogens is 3. The molecule has 0 radical (unpaired) electrons. The first kappa shape index (κ1) is 51.1. The Morgan fingerprint density at radius 3 is 0.881 bits per heavy atom. The molecule has 260 valence electrons. The van der Waals surface area contributed by atoms with Crippen LogP contribution in [0.3, 0.4) is 0 Å². The van der Waals surface area contributed by atoms with E-state index in [4.69, 9.17) is 39.9 Å². The number of rotatable bonds is 30. The second kappa shape index (κ2) is 58.7. The number of aliphatic hydroxyl groups excluding tert-OH is 1. The maximum atomic E-state index is 7.57. The Hall–Kier alpha value is 2.23. The lowest BCUT2D eigenvalue weighted by Crippen LogP contribution is -1.88. The number of hydrogen-bond donors (Lipinski definition) is 2. The maximum absolute atomic E-state index is 7.57. The molecule has 0 saturated carbocycles. The van der Waals surface area contributed by atoms with E-state index in [1.165, 1.54) is 150 Å². The molecule has 0 aromatic carbocycles. The normalized spacial score (nSPS) is 10.3. The van der Waals surface area contributed by atoms with Crippen molar-refractivity contribution < 1.29 is 5.11 Å². The van der Waals surface area contributed by atoms with Gasteiger partial charge in [0, 0.05) is 24.2 Å². The standard InChI is InChI=1S/C16H33ClS2.C10H22S2.C6H12Cl2.C2H6O/c1-2-3-13-18-14-10-6-7-11-16-19-15-9-5-4-8-12-17;1-2-3-9-12-10-7-5-4-6-8-11;7-5-3-1-2-4-6-8;1-2-3/h2-16H2,1H3;11H,2-10H2,1H3;1-6H2;3H,2H2,1H3. The van der Waals surface area contributed by atoms with Crippen molar-refractivity contribution in [2.75, 3.05) is 64.5 Å². The van der Waals surface area contributed by atoms with E-state index in [0.29, 0.717) is 0 Å². The first-order chi connectivity index (χ1) is 20.7. The van der Waals surface area contributed by atoms with Gasteiger partial charge in [0.2, 0.25) is 0 Å². The highest BCUT2D eigenvalue weighted by molar-refractivity contribution is 7.99. The Morgan fingerprint density at radius 2 is 0.643 bits per heavy atom. The largest absolute Gasteiger partial charge is 0.397 e. The molecule has 0 saturated heterocycles. The minimum atomic E-state index is 0.250. The number of thioether (sulfide) groups is 3. The first-order valence-electron chi connectivity index (χ1n) is 17.3. The zero-order chi connectivity index (χ0) is 32.0. The van der Waals surface area contributed by atoms with Gasteiger partial charge in [0.1, 0.15) is 0 Å². The van der Waals surface area contributed by atoms with Gasteiger partial charge < -0.3 is 5.11 Å². The van der Waals surface area contributed by atoms with Gasteiger partial charge in [-0.1, -0.05) is 78.1 Å². The number of thiol groups is 1. The van der Waals surface area contributed by atoms with E-state index < -0.39 is 0 Å². The predicted molar refractivity (Wildman–Crippen MR) is 214 cm³/mol. The van der Waals surface area contributed by atoms with Gasteiger partial charge >= 0.3 is 0 Å². The molecule has 0 amide bonds. The van der Waals surface area contributed by atoms with E-state index in [0.717, 1.165) is 36.2 Å². The molecule has 0 aliphatic carbocycles. The third-order valence-electron chi connectivity index (χ3n) is 6.00. The minimum absolute atomic E-state index is 0.250. The van der Waals surface area contributed by atoms with Gasteiger partial charge in [-0.2, -0.15) is 47.9 Å². The highest BCUT2D eigenvalue weighted by Gasteiger charge is 1.94. The van der Waals surface area contributed by atoms with E-state index in [1.54, 1.807) is 6.92 Å². The third kappa shape index (κ3) is 69.1. The SMILES string of the molecule is CCCCSCCCCCCS.CCCCSCCCCCCSCCCCCCCl.CCO.ClCCCCCCCl. The van der Waals surface area contributed by atoms with Gasteiger partial charge in [0.25, 0.3) is 0 Å². The Balaban J connectivity index is -0.000000267. The number of aliphatic hydroxyl groups is 1. The van der Waals surface area contributed by atoms with Crippen molar-refractivity contribution in [1.29, 1.82) is 0 Å². The summed E-state index contributed by atoms with van der Waals surface area (Å²) in [5, 5.41) is 7.57. The summed E-state index contributed by atoms with van der Waals surface area (Å²) in [6, 6.07) is 0. The summed E-state index contributed by atoms with van der Waals surface area (Å²) in [6.07, 6.45) is 26.7. The van der Waals surface area contributed by atoms with E-state index in [9.17, 15) is 0 Å². The monoisotopic (exact) mass is 730 g/mol. The summed E-state index contributed by atoms with van der Waals surface area (Å²) >= 11 is 27.1. The van der Waals surface area contributed by atoms with E-state index in [1.807, 2.05) is 0 Å². The van der Waals surface area contributed by atoms with E-state index in [-0.39, 0.29) is 6.61 Å². The van der Waals surface area contributed by atoms with E-state index in [2.05, 4.69) is 61.8 Å². The van der Waals surface area contributed by atoms with Gasteiger partial charge in [-0.05, 0) is 111 Å². The molecule has 0 bridgehead atoms. The fourth-order valence-corrected chi connectivity index (χ4v) is 7.45. The lowest BCUT2D eigenvalue weighted by Gasteiger charge is -2.03. The Bertz CT molecular complexity index is 355. The zero-order valence-electron chi connectivity index (χ0n) is 28.2. The molecule has 0 aliphatic rings. The van der Waals surface area contributed by atoms with Crippen molar-refractivity contribution in [2.45, 2.75) is 149 Å². The van der Waals surface area contributed by atoms with Crippen LogP contribution >= 0.6 is 82.7 Å². The van der Waals surface area contributed by atoms with Crippen LogP contribution in [-0.4, -0.2) is 69.6 Å². The van der Waals surface area contributed by atoms with Crippen LogP contribution in [0.1, 0.15) is 149 Å². The summed E-state index contributed by atoms with van der Waals surface area (Å²) in [6.45, 7) is 6.46. The van der Waals surface area contributed by atoms with Crippen molar-refractivity contribution in [2.24, 2.45) is 0 Å². The molecule has 0 atom stereocenters. The second-order valence-corrected chi connectivity index (χ2v) is 15.6. The second-order valence-electron chi connectivity index (χ2n) is 10.3. The summed E-state index contributed by atoms with van der Waals surface area (Å²) in [5.74, 6) is 11.7. The van der Waals surface area contributed by atoms with Crippen LogP contribution in [0.4, 0.5) is 0 Å². The first-order valence-corrected chi connectivity index (χ1v) is 23.0. The van der Waals surface area contributed by atoms with Gasteiger partial charge in [-0.15, -0.1) is 34.8 Å². The van der Waals surface area contributed by atoms with Gasteiger partial charge in [0.15, 0.2) is 0 Å². The fourth-order valence-electron chi connectivity index (χ4n) is 3.42. The average molecular weight is 733 g/mol. The van der Waals surface area contributed by atoms with Gasteiger partial charge in [-0.25, -0.2) is 0 Å². The summed E-state index contributed by atoms with van der Waals surface area (Å²) in [4.78, 5) is 0. The topological polar surface area (TPSA) is 20.2 Å². The molecule has 0 aromatic heterocycles.